The Kier molecular flexibility index (Phi) is 4.89. The van der Waals surface area contributed by atoms with Crippen LogP contribution in [0.5, 0.6) is 5.88 Å². The van der Waals surface area contributed by atoms with Gasteiger partial charge in [0.25, 0.3) is 0 Å². The summed E-state index contributed by atoms with van der Waals surface area (Å²) >= 11 is 5.97. The lowest BCUT2D eigenvalue weighted by atomic mass is 10.2. The Balaban J connectivity index is 1.69. The minimum Gasteiger partial charge on any atom is -0.472 e. The number of ether oxygens (including phenoxy) is 1. The van der Waals surface area contributed by atoms with Crippen LogP contribution in [-0.4, -0.2) is 36.9 Å². The van der Waals surface area contributed by atoms with E-state index in [1.807, 2.05) is 0 Å². The molecular formula is C16H14ClF3N2O3S. The molecule has 0 saturated carbocycles. The minimum atomic E-state index is -4.50. The monoisotopic (exact) mass is 406 g/mol. The van der Waals surface area contributed by atoms with Crippen molar-refractivity contribution in [2.24, 2.45) is 0 Å². The first-order valence-corrected chi connectivity index (χ1v) is 9.36. The first-order chi connectivity index (χ1) is 12.1. The first-order valence-electron chi connectivity index (χ1n) is 7.54. The van der Waals surface area contributed by atoms with Crippen LogP contribution in [-0.2, 0) is 16.2 Å². The Morgan fingerprint density at radius 3 is 2.62 bits per heavy atom. The molecular weight excluding hydrogens is 393 g/mol. The van der Waals surface area contributed by atoms with Gasteiger partial charge in [0.15, 0.2) is 0 Å². The van der Waals surface area contributed by atoms with Gasteiger partial charge < -0.3 is 4.74 Å². The number of rotatable bonds is 4. The molecule has 1 saturated heterocycles. The molecule has 1 fully saturated rings. The van der Waals surface area contributed by atoms with Crippen LogP contribution >= 0.6 is 11.6 Å². The second-order valence-electron chi connectivity index (χ2n) is 5.81. The van der Waals surface area contributed by atoms with Crippen LogP contribution in [0.4, 0.5) is 13.2 Å². The topological polar surface area (TPSA) is 59.5 Å². The summed E-state index contributed by atoms with van der Waals surface area (Å²) in [7, 11) is -3.74. The summed E-state index contributed by atoms with van der Waals surface area (Å²) in [4.78, 5) is 3.84. The molecule has 0 unspecified atom stereocenters. The van der Waals surface area contributed by atoms with Gasteiger partial charge >= 0.3 is 6.18 Å². The van der Waals surface area contributed by atoms with Crippen molar-refractivity contribution in [1.29, 1.82) is 0 Å². The van der Waals surface area contributed by atoms with E-state index in [1.54, 1.807) is 19.1 Å². The third-order valence-electron chi connectivity index (χ3n) is 4.00. The van der Waals surface area contributed by atoms with E-state index in [1.165, 1.54) is 10.4 Å². The molecule has 1 aromatic carbocycles. The molecule has 0 amide bonds. The average Bonchev–Trinajstić information content (AvgIpc) is 2.52. The summed E-state index contributed by atoms with van der Waals surface area (Å²) < 4.78 is 69.9. The van der Waals surface area contributed by atoms with E-state index in [9.17, 15) is 21.6 Å². The normalized spacial score (nSPS) is 16.3. The van der Waals surface area contributed by atoms with Gasteiger partial charge in [0.1, 0.15) is 6.10 Å². The molecule has 0 atom stereocenters. The van der Waals surface area contributed by atoms with Crippen LogP contribution in [0.2, 0.25) is 5.02 Å². The Bertz CT molecular complexity index is 929. The van der Waals surface area contributed by atoms with Gasteiger partial charge in [-0.25, -0.2) is 13.4 Å². The number of halogens is 4. The highest BCUT2D eigenvalue weighted by Gasteiger charge is 2.39. The molecule has 5 nitrogen and oxygen atoms in total. The van der Waals surface area contributed by atoms with Crippen molar-refractivity contribution < 1.29 is 26.3 Å². The smallest absolute Gasteiger partial charge is 0.416 e. The van der Waals surface area contributed by atoms with Gasteiger partial charge in [-0.3, -0.25) is 0 Å². The van der Waals surface area contributed by atoms with E-state index in [-0.39, 0.29) is 23.9 Å². The molecule has 0 bridgehead atoms. The second kappa shape index (κ2) is 6.71. The highest BCUT2D eigenvalue weighted by atomic mass is 35.5. The van der Waals surface area contributed by atoms with Gasteiger partial charge in [0, 0.05) is 17.3 Å². The van der Waals surface area contributed by atoms with Gasteiger partial charge in [-0.15, -0.1) is 0 Å². The van der Waals surface area contributed by atoms with Crippen molar-refractivity contribution in [2.45, 2.75) is 24.1 Å². The standard InChI is InChI=1S/C16H14ClF3N2O3S/c1-10-13(17)3-2-4-14(10)26(23,24)22-8-12(9-22)25-15-7-11(5-6-21-15)16(18,19)20/h2-7,12H,8-9H2,1H3. The number of sulfonamides is 1. The Morgan fingerprint density at radius 1 is 1.27 bits per heavy atom. The molecule has 0 spiro atoms. The maximum absolute atomic E-state index is 12.7. The lowest BCUT2D eigenvalue weighted by Gasteiger charge is -2.37. The van der Waals surface area contributed by atoms with Gasteiger partial charge in [-0.05, 0) is 30.7 Å². The van der Waals surface area contributed by atoms with E-state index in [4.69, 9.17) is 16.3 Å². The zero-order valence-corrected chi connectivity index (χ0v) is 15.1. The number of alkyl halides is 3. The predicted molar refractivity (Wildman–Crippen MR) is 88.6 cm³/mol. The van der Waals surface area contributed by atoms with Gasteiger partial charge in [0.05, 0.1) is 23.5 Å². The fourth-order valence-corrected chi connectivity index (χ4v) is 4.48. The summed E-state index contributed by atoms with van der Waals surface area (Å²) in [6.07, 6.45) is -4.07. The fourth-order valence-electron chi connectivity index (χ4n) is 2.50. The van der Waals surface area contributed by atoms with Crippen LogP contribution in [0.1, 0.15) is 11.1 Å². The Hall–Kier alpha value is -1.84. The van der Waals surface area contributed by atoms with E-state index in [0.29, 0.717) is 10.6 Å². The van der Waals surface area contributed by atoms with Crippen LogP contribution in [0, 0.1) is 6.92 Å². The Morgan fingerprint density at radius 2 is 1.96 bits per heavy atom. The number of pyridine rings is 1. The molecule has 3 rings (SSSR count). The van der Waals surface area contributed by atoms with Gasteiger partial charge in [-0.1, -0.05) is 17.7 Å². The van der Waals surface area contributed by atoms with Crippen molar-refractivity contribution in [3.8, 4) is 5.88 Å². The molecule has 26 heavy (non-hydrogen) atoms. The van der Waals surface area contributed by atoms with Crippen molar-refractivity contribution in [3.05, 3.63) is 52.7 Å². The molecule has 0 radical (unpaired) electrons. The highest BCUT2D eigenvalue weighted by molar-refractivity contribution is 7.89. The molecule has 2 heterocycles. The predicted octanol–water partition coefficient (Wildman–Crippen LogP) is 3.51. The maximum Gasteiger partial charge on any atom is 0.416 e. The molecule has 140 valence electrons. The molecule has 1 aliphatic heterocycles. The molecule has 0 N–H and O–H groups in total. The largest absolute Gasteiger partial charge is 0.472 e. The van der Waals surface area contributed by atoms with Crippen molar-refractivity contribution in [2.75, 3.05) is 13.1 Å². The molecule has 1 aliphatic rings. The summed E-state index contributed by atoms with van der Waals surface area (Å²) in [5, 5.41) is 0.340. The van der Waals surface area contributed by atoms with Gasteiger partial charge in [-0.2, -0.15) is 17.5 Å². The van der Waals surface area contributed by atoms with Crippen LogP contribution in [0.3, 0.4) is 0 Å². The number of hydrogen-bond acceptors (Lipinski definition) is 4. The number of hydrogen-bond donors (Lipinski definition) is 0. The molecule has 10 heteroatoms. The van der Waals surface area contributed by atoms with Crippen LogP contribution in [0.25, 0.3) is 0 Å². The van der Waals surface area contributed by atoms with E-state index < -0.39 is 27.9 Å². The third kappa shape index (κ3) is 3.65. The summed E-state index contributed by atoms with van der Waals surface area (Å²) in [5.41, 5.74) is -0.432. The van der Waals surface area contributed by atoms with E-state index >= 15 is 0 Å². The van der Waals surface area contributed by atoms with Crippen molar-refractivity contribution >= 4 is 21.6 Å². The van der Waals surface area contributed by atoms with E-state index in [2.05, 4.69) is 4.98 Å². The number of benzene rings is 1. The zero-order valence-electron chi connectivity index (χ0n) is 13.5. The SMILES string of the molecule is Cc1c(Cl)cccc1S(=O)(=O)N1CC(Oc2cc(C(F)(F)F)ccn2)C1. The van der Waals surface area contributed by atoms with Crippen LogP contribution < -0.4 is 4.74 Å². The van der Waals surface area contributed by atoms with E-state index in [0.717, 1.165) is 18.3 Å². The average molecular weight is 407 g/mol. The maximum atomic E-state index is 12.7. The second-order valence-corrected chi connectivity index (χ2v) is 8.12. The van der Waals surface area contributed by atoms with Crippen LogP contribution in [0.15, 0.2) is 41.4 Å². The quantitative estimate of drug-likeness (QED) is 0.779. The lowest BCUT2D eigenvalue weighted by molar-refractivity contribution is -0.137. The van der Waals surface area contributed by atoms with Crippen molar-refractivity contribution in [3.63, 3.8) is 0 Å². The Labute approximate surface area is 153 Å². The number of aromatic nitrogens is 1. The fraction of sp³-hybridized carbons (Fsp3) is 0.312. The third-order valence-corrected chi connectivity index (χ3v) is 6.39. The molecule has 1 aromatic heterocycles. The highest BCUT2D eigenvalue weighted by Crippen LogP contribution is 2.32. The summed E-state index contributed by atoms with van der Waals surface area (Å²) in [6, 6.07) is 6.23. The lowest BCUT2D eigenvalue weighted by Crippen LogP contribution is -2.56. The number of nitrogens with zero attached hydrogens (tertiary/aromatic N) is 2. The molecule has 2 aromatic rings. The zero-order chi connectivity index (χ0) is 19.1. The van der Waals surface area contributed by atoms with Gasteiger partial charge in [0.2, 0.25) is 15.9 Å². The van der Waals surface area contributed by atoms with Crippen molar-refractivity contribution in [1.82, 2.24) is 9.29 Å². The minimum absolute atomic E-state index is 0.0201. The first kappa shape index (κ1) is 18.9. The molecule has 0 aliphatic carbocycles. The summed E-state index contributed by atoms with van der Waals surface area (Å²) in [5.74, 6) is -0.194. The summed E-state index contributed by atoms with van der Waals surface area (Å²) in [6.45, 7) is 1.65.